The molecule has 1 amide bonds. The minimum Gasteiger partial charge on any atom is -0.338 e. The van der Waals surface area contributed by atoms with Gasteiger partial charge in [-0.2, -0.15) is 0 Å². The molecular formula is C14H28N4O. The third-order valence-electron chi connectivity index (χ3n) is 4.33. The van der Waals surface area contributed by atoms with Crippen LogP contribution < -0.4 is 5.32 Å². The van der Waals surface area contributed by atoms with Gasteiger partial charge >= 0.3 is 0 Å². The number of nitrogens with zero attached hydrogens (tertiary/aromatic N) is 3. The van der Waals surface area contributed by atoms with Crippen LogP contribution in [0.2, 0.25) is 0 Å². The van der Waals surface area contributed by atoms with Crippen molar-refractivity contribution in [3.05, 3.63) is 0 Å². The fourth-order valence-electron chi connectivity index (χ4n) is 2.78. The maximum absolute atomic E-state index is 12.6. The molecule has 5 heteroatoms. The maximum atomic E-state index is 12.6. The number of carbonyl (C=O) groups excluding carboxylic acids is 1. The number of rotatable bonds is 5. The minimum absolute atomic E-state index is 0.224. The molecule has 2 rings (SSSR count). The lowest BCUT2D eigenvalue weighted by Gasteiger charge is -2.41. The smallest absolute Gasteiger partial charge is 0.228 e. The zero-order valence-corrected chi connectivity index (χ0v) is 12.6. The van der Waals surface area contributed by atoms with E-state index in [2.05, 4.69) is 41.2 Å². The SMILES string of the molecule is CN(C)CCN(C(=O)C1CNC1)C1CCN(C)CC1. The number of likely N-dealkylation sites (tertiary alicyclic amines) is 1. The molecule has 0 aromatic heterocycles. The van der Waals surface area contributed by atoms with Gasteiger partial charge in [-0.25, -0.2) is 0 Å². The van der Waals surface area contributed by atoms with E-state index >= 15 is 0 Å². The van der Waals surface area contributed by atoms with Crippen LogP contribution in [-0.2, 0) is 4.79 Å². The molecule has 2 aliphatic rings. The molecule has 19 heavy (non-hydrogen) atoms. The second-order valence-corrected chi connectivity index (χ2v) is 6.22. The van der Waals surface area contributed by atoms with E-state index in [4.69, 9.17) is 0 Å². The largest absolute Gasteiger partial charge is 0.338 e. The predicted molar refractivity (Wildman–Crippen MR) is 77.1 cm³/mol. The summed E-state index contributed by atoms with van der Waals surface area (Å²) in [6, 6.07) is 0.448. The number of hydrogen-bond acceptors (Lipinski definition) is 4. The van der Waals surface area contributed by atoms with E-state index in [9.17, 15) is 4.79 Å². The lowest BCUT2D eigenvalue weighted by atomic mass is 9.97. The number of likely N-dealkylation sites (N-methyl/N-ethyl adjacent to an activating group) is 1. The topological polar surface area (TPSA) is 38.8 Å². The molecule has 2 heterocycles. The van der Waals surface area contributed by atoms with Crippen molar-refractivity contribution >= 4 is 5.91 Å². The molecule has 0 aromatic carbocycles. The molecule has 0 spiro atoms. The second-order valence-electron chi connectivity index (χ2n) is 6.22. The lowest BCUT2D eigenvalue weighted by Crippen LogP contribution is -2.56. The van der Waals surface area contributed by atoms with Crippen LogP contribution >= 0.6 is 0 Å². The first-order chi connectivity index (χ1) is 9.08. The van der Waals surface area contributed by atoms with Gasteiger partial charge in [0, 0.05) is 32.2 Å². The first kappa shape index (κ1) is 14.8. The van der Waals surface area contributed by atoms with E-state index in [0.717, 1.165) is 52.1 Å². The quantitative estimate of drug-likeness (QED) is 0.742. The Kier molecular flexibility index (Phi) is 5.19. The minimum atomic E-state index is 0.224. The molecule has 2 fully saturated rings. The van der Waals surface area contributed by atoms with Crippen molar-refractivity contribution in [3.63, 3.8) is 0 Å². The van der Waals surface area contributed by atoms with Crippen LogP contribution in [0.25, 0.3) is 0 Å². The van der Waals surface area contributed by atoms with Crippen molar-refractivity contribution in [2.45, 2.75) is 18.9 Å². The van der Waals surface area contributed by atoms with Crippen molar-refractivity contribution in [2.24, 2.45) is 5.92 Å². The van der Waals surface area contributed by atoms with E-state index in [1.807, 2.05) is 0 Å². The van der Waals surface area contributed by atoms with Gasteiger partial charge in [-0.1, -0.05) is 0 Å². The van der Waals surface area contributed by atoms with E-state index in [-0.39, 0.29) is 5.92 Å². The summed E-state index contributed by atoms with van der Waals surface area (Å²) in [6.07, 6.45) is 2.24. The van der Waals surface area contributed by atoms with Gasteiger partial charge in [0.2, 0.25) is 5.91 Å². The average Bonchev–Trinajstić information content (AvgIpc) is 2.29. The van der Waals surface area contributed by atoms with Crippen LogP contribution in [0.5, 0.6) is 0 Å². The highest BCUT2D eigenvalue weighted by Gasteiger charge is 2.33. The Morgan fingerprint density at radius 3 is 2.32 bits per heavy atom. The van der Waals surface area contributed by atoms with Gasteiger partial charge in [-0.15, -0.1) is 0 Å². The van der Waals surface area contributed by atoms with Gasteiger partial charge in [0.1, 0.15) is 0 Å². The first-order valence-corrected chi connectivity index (χ1v) is 7.42. The zero-order valence-electron chi connectivity index (χ0n) is 12.6. The van der Waals surface area contributed by atoms with Gasteiger partial charge in [0.25, 0.3) is 0 Å². The Balaban J connectivity index is 1.94. The Bertz CT molecular complexity index is 296. The summed E-state index contributed by atoms with van der Waals surface area (Å²) in [4.78, 5) is 19.3. The molecule has 2 aliphatic heterocycles. The summed E-state index contributed by atoms with van der Waals surface area (Å²) in [5.74, 6) is 0.594. The van der Waals surface area contributed by atoms with Crippen LogP contribution in [0, 0.1) is 5.92 Å². The molecule has 0 atom stereocenters. The van der Waals surface area contributed by atoms with E-state index in [0.29, 0.717) is 11.9 Å². The molecule has 5 nitrogen and oxygen atoms in total. The molecule has 0 aromatic rings. The number of amides is 1. The Hall–Kier alpha value is -0.650. The number of nitrogens with one attached hydrogen (secondary N) is 1. The van der Waals surface area contributed by atoms with E-state index in [1.165, 1.54) is 0 Å². The summed E-state index contributed by atoms with van der Waals surface area (Å²) in [6.45, 7) is 5.78. The normalized spacial score (nSPS) is 22.5. The summed E-state index contributed by atoms with van der Waals surface area (Å²) in [5, 5.41) is 3.21. The van der Waals surface area contributed by atoms with E-state index < -0.39 is 0 Å². The van der Waals surface area contributed by atoms with Crippen LogP contribution in [0.4, 0.5) is 0 Å². The van der Waals surface area contributed by atoms with Crippen molar-refractivity contribution in [2.75, 3.05) is 60.4 Å². The molecule has 1 N–H and O–H groups in total. The van der Waals surface area contributed by atoms with Crippen LogP contribution in [-0.4, -0.2) is 87.1 Å². The number of piperidine rings is 1. The first-order valence-electron chi connectivity index (χ1n) is 7.42. The van der Waals surface area contributed by atoms with Gasteiger partial charge in [-0.3, -0.25) is 4.79 Å². The molecular weight excluding hydrogens is 240 g/mol. The van der Waals surface area contributed by atoms with Gasteiger partial charge in [0.15, 0.2) is 0 Å². The standard InChI is InChI=1S/C14H28N4O/c1-16(2)8-9-18(14(19)12-10-15-11-12)13-4-6-17(3)7-5-13/h12-13,15H,4-11H2,1-3H3. The summed E-state index contributed by atoms with van der Waals surface area (Å²) in [7, 11) is 6.31. The van der Waals surface area contributed by atoms with Crippen molar-refractivity contribution in [3.8, 4) is 0 Å². The predicted octanol–water partition coefficient (Wildman–Crippen LogP) is -0.310. The third-order valence-corrected chi connectivity index (χ3v) is 4.33. The van der Waals surface area contributed by atoms with Gasteiger partial charge < -0.3 is 20.0 Å². The number of hydrogen-bond donors (Lipinski definition) is 1. The third kappa shape index (κ3) is 3.91. The molecule has 110 valence electrons. The summed E-state index contributed by atoms with van der Waals surface area (Å²) in [5.41, 5.74) is 0. The maximum Gasteiger partial charge on any atom is 0.228 e. The number of carbonyl (C=O) groups is 1. The van der Waals surface area contributed by atoms with Crippen molar-refractivity contribution < 1.29 is 4.79 Å². The van der Waals surface area contributed by atoms with Crippen molar-refractivity contribution in [1.82, 2.24) is 20.0 Å². The Morgan fingerprint density at radius 2 is 1.84 bits per heavy atom. The highest BCUT2D eigenvalue weighted by atomic mass is 16.2. The summed E-state index contributed by atoms with van der Waals surface area (Å²) >= 11 is 0. The van der Waals surface area contributed by atoms with Crippen LogP contribution in [0.15, 0.2) is 0 Å². The highest BCUT2D eigenvalue weighted by molar-refractivity contribution is 5.80. The van der Waals surface area contributed by atoms with Crippen molar-refractivity contribution in [1.29, 1.82) is 0 Å². The lowest BCUT2D eigenvalue weighted by molar-refractivity contribution is -0.140. The Labute approximate surface area is 116 Å². The Morgan fingerprint density at radius 1 is 1.21 bits per heavy atom. The summed E-state index contributed by atoms with van der Waals surface area (Å²) < 4.78 is 0. The monoisotopic (exact) mass is 268 g/mol. The van der Waals surface area contributed by atoms with Gasteiger partial charge in [-0.05, 0) is 47.1 Å². The molecule has 0 saturated carbocycles. The zero-order chi connectivity index (χ0) is 13.8. The molecule has 2 saturated heterocycles. The fraction of sp³-hybridized carbons (Fsp3) is 0.929. The highest BCUT2D eigenvalue weighted by Crippen LogP contribution is 2.19. The fourth-order valence-corrected chi connectivity index (χ4v) is 2.78. The van der Waals surface area contributed by atoms with E-state index in [1.54, 1.807) is 0 Å². The molecule has 0 radical (unpaired) electrons. The van der Waals surface area contributed by atoms with Gasteiger partial charge in [0.05, 0.1) is 5.92 Å². The van der Waals surface area contributed by atoms with Crippen LogP contribution in [0.3, 0.4) is 0 Å². The average molecular weight is 268 g/mol. The van der Waals surface area contributed by atoms with Crippen LogP contribution in [0.1, 0.15) is 12.8 Å². The second kappa shape index (κ2) is 6.68. The molecule has 0 aliphatic carbocycles. The molecule has 0 unspecified atom stereocenters. The molecule has 0 bridgehead atoms.